The molecule has 0 aliphatic heterocycles. The van der Waals surface area contributed by atoms with Crippen LogP contribution in [0, 0.1) is 0 Å². The van der Waals surface area contributed by atoms with Crippen LogP contribution >= 0.6 is 23.4 Å². The molecule has 0 fully saturated rings. The third-order valence-electron chi connectivity index (χ3n) is 4.54. The van der Waals surface area contributed by atoms with Gasteiger partial charge in [0.25, 0.3) is 0 Å². The normalized spacial score (nSPS) is 11.1. The second kappa shape index (κ2) is 8.33. The number of anilines is 1. The first kappa shape index (κ1) is 19.5. The Kier molecular flexibility index (Phi) is 5.23. The van der Waals surface area contributed by atoms with Crippen molar-refractivity contribution in [2.45, 2.75) is 5.16 Å². The number of imidazole rings is 1. The number of fused-ring (bicyclic) bond motifs is 3. The van der Waals surface area contributed by atoms with Crippen LogP contribution in [0.3, 0.4) is 0 Å². The first-order valence-corrected chi connectivity index (χ1v) is 10.8. The zero-order chi connectivity index (χ0) is 21.2. The van der Waals surface area contributed by atoms with Gasteiger partial charge in [-0.05, 0) is 48.5 Å². The van der Waals surface area contributed by atoms with Gasteiger partial charge in [-0.2, -0.15) is 0 Å². The molecule has 5 rings (SSSR count). The maximum absolute atomic E-state index is 12.4. The molecule has 1 amide bonds. The van der Waals surface area contributed by atoms with Gasteiger partial charge in [0, 0.05) is 5.69 Å². The number of para-hydroxylation sites is 3. The Morgan fingerprint density at radius 1 is 1.06 bits per heavy atom. The fraction of sp³-hybridized carbons (Fsp3) is 0.0455. The number of thioether (sulfide) groups is 1. The van der Waals surface area contributed by atoms with Crippen LogP contribution in [0.15, 0.2) is 78.0 Å². The van der Waals surface area contributed by atoms with Crippen LogP contribution in [0.2, 0.25) is 5.02 Å². The monoisotopic (exact) mass is 449 g/mol. The summed E-state index contributed by atoms with van der Waals surface area (Å²) < 4.78 is 7.68. The lowest BCUT2D eigenvalue weighted by Crippen LogP contribution is -2.14. The van der Waals surface area contributed by atoms with Crippen LogP contribution < -0.4 is 10.1 Å². The molecule has 2 heterocycles. The van der Waals surface area contributed by atoms with E-state index in [4.69, 9.17) is 16.3 Å². The Hall–Kier alpha value is -3.49. The van der Waals surface area contributed by atoms with E-state index < -0.39 is 0 Å². The number of nitrogens with zero attached hydrogens (tertiary/aromatic N) is 3. The molecule has 3 aromatic carbocycles. The number of aromatic amines is 1. The van der Waals surface area contributed by atoms with Gasteiger partial charge in [0.2, 0.25) is 11.7 Å². The summed E-state index contributed by atoms with van der Waals surface area (Å²) in [6.07, 6.45) is 0. The van der Waals surface area contributed by atoms with E-state index in [-0.39, 0.29) is 11.7 Å². The highest BCUT2D eigenvalue weighted by molar-refractivity contribution is 7.99. The van der Waals surface area contributed by atoms with Gasteiger partial charge in [0.05, 0.1) is 21.8 Å². The summed E-state index contributed by atoms with van der Waals surface area (Å²) in [4.78, 5) is 16.9. The van der Waals surface area contributed by atoms with Crippen molar-refractivity contribution in [2.24, 2.45) is 0 Å². The molecule has 5 aromatic rings. The highest BCUT2D eigenvalue weighted by Crippen LogP contribution is 2.29. The van der Waals surface area contributed by atoms with E-state index in [1.54, 1.807) is 36.4 Å². The molecule has 0 bridgehead atoms. The molecule has 0 saturated heterocycles. The third-order valence-corrected chi connectivity index (χ3v) is 5.79. The molecular weight excluding hydrogens is 434 g/mol. The molecule has 7 nitrogen and oxygen atoms in total. The number of ether oxygens (including phenoxy) is 1. The SMILES string of the molecule is O=C(CSc1n[nH]c2nc3ccccc3n12)Nc1ccc(Oc2ccccc2Cl)cc1. The standard InChI is InChI=1S/C22H16ClN5O2S/c23-16-5-1-4-8-19(16)30-15-11-9-14(10-12-15)24-20(29)13-31-22-27-26-21-25-17-6-2-3-7-18(17)28(21)22/h1-12H,13H2,(H,24,29)(H,25,26). The smallest absolute Gasteiger partial charge is 0.234 e. The summed E-state index contributed by atoms with van der Waals surface area (Å²) in [6.45, 7) is 0. The van der Waals surface area contributed by atoms with E-state index in [0.29, 0.717) is 33.1 Å². The van der Waals surface area contributed by atoms with Gasteiger partial charge in [-0.25, -0.2) is 10.1 Å². The van der Waals surface area contributed by atoms with Gasteiger partial charge >= 0.3 is 0 Å². The van der Waals surface area contributed by atoms with Crippen LogP contribution in [-0.2, 0) is 4.79 Å². The molecule has 0 aliphatic rings. The highest BCUT2D eigenvalue weighted by Gasteiger charge is 2.13. The summed E-state index contributed by atoms with van der Waals surface area (Å²) in [6, 6.07) is 22.2. The summed E-state index contributed by atoms with van der Waals surface area (Å²) in [5, 5.41) is 11.3. The number of rotatable bonds is 6. The number of H-pyrrole nitrogens is 1. The van der Waals surface area contributed by atoms with Crippen molar-refractivity contribution in [3.05, 3.63) is 77.8 Å². The van der Waals surface area contributed by atoms with Crippen molar-refractivity contribution >= 4 is 51.8 Å². The molecule has 0 saturated carbocycles. The van der Waals surface area contributed by atoms with Crippen LogP contribution in [-0.4, -0.2) is 31.2 Å². The largest absolute Gasteiger partial charge is 0.456 e. The molecule has 0 aliphatic carbocycles. The van der Waals surface area contributed by atoms with Crippen LogP contribution in [0.25, 0.3) is 16.8 Å². The number of aromatic nitrogens is 4. The Morgan fingerprint density at radius 3 is 2.68 bits per heavy atom. The van der Waals surface area contributed by atoms with E-state index >= 15 is 0 Å². The maximum atomic E-state index is 12.4. The topological polar surface area (TPSA) is 84.3 Å². The number of amides is 1. The summed E-state index contributed by atoms with van der Waals surface area (Å²) >= 11 is 7.45. The van der Waals surface area contributed by atoms with E-state index in [0.717, 1.165) is 11.0 Å². The van der Waals surface area contributed by atoms with Gasteiger partial charge in [0.1, 0.15) is 11.5 Å². The van der Waals surface area contributed by atoms with E-state index in [2.05, 4.69) is 20.5 Å². The van der Waals surface area contributed by atoms with E-state index in [1.165, 1.54) is 11.8 Å². The van der Waals surface area contributed by atoms with E-state index in [9.17, 15) is 4.79 Å². The molecule has 0 spiro atoms. The number of hydrogen-bond acceptors (Lipinski definition) is 5. The van der Waals surface area contributed by atoms with Crippen molar-refractivity contribution in [1.82, 2.24) is 19.6 Å². The zero-order valence-corrected chi connectivity index (χ0v) is 17.7. The second-order valence-corrected chi connectivity index (χ2v) is 8.01. The number of carbonyl (C=O) groups excluding carboxylic acids is 1. The van der Waals surface area contributed by atoms with Crippen LogP contribution in [0.1, 0.15) is 0 Å². The van der Waals surface area contributed by atoms with Gasteiger partial charge in [-0.15, -0.1) is 5.10 Å². The minimum absolute atomic E-state index is 0.134. The number of benzene rings is 3. The minimum Gasteiger partial charge on any atom is -0.456 e. The van der Waals surface area contributed by atoms with Crippen molar-refractivity contribution < 1.29 is 9.53 Å². The third kappa shape index (κ3) is 4.08. The average Bonchev–Trinajstić information content (AvgIpc) is 3.34. The quantitative estimate of drug-likeness (QED) is 0.340. The lowest BCUT2D eigenvalue weighted by Gasteiger charge is -2.09. The highest BCUT2D eigenvalue weighted by atomic mass is 35.5. The van der Waals surface area contributed by atoms with E-state index in [1.807, 2.05) is 40.8 Å². The van der Waals surface area contributed by atoms with Gasteiger partial charge in [-0.3, -0.25) is 9.20 Å². The first-order chi connectivity index (χ1) is 15.2. The molecule has 0 radical (unpaired) electrons. The average molecular weight is 450 g/mol. The molecular formula is C22H16ClN5O2S. The molecule has 9 heteroatoms. The van der Waals surface area contributed by atoms with Crippen molar-refractivity contribution in [3.8, 4) is 11.5 Å². The van der Waals surface area contributed by atoms with Gasteiger partial charge in [0.15, 0.2) is 5.16 Å². The predicted molar refractivity (Wildman–Crippen MR) is 122 cm³/mol. The Bertz CT molecular complexity index is 1380. The maximum Gasteiger partial charge on any atom is 0.234 e. The predicted octanol–water partition coefficient (Wildman–Crippen LogP) is 5.39. The number of halogens is 1. The lowest BCUT2D eigenvalue weighted by atomic mass is 10.3. The van der Waals surface area contributed by atoms with Crippen LogP contribution in [0.5, 0.6) is 11.5 Å². The van der Waals surface area contributed by atoms with Crippen molar-refractivity contribution in [2.75, 3.05) is 11.1 Å². The molecule has 2 aromatic heterocycles. The fourth-order valence-electron chi connectivity index (χ4n) is 3.13. The number of carbonyl (C=O) groups is 1. The number of nitrogens with one attached hydrogen (secondary N) is 2. The summed E-state index contributed by atoms with van der Waals surface area (Å²) in [7, 11) is 0. The zero-order valence-electron chi connectivity index (χ0n) is 16.1. The molecule has 0 atom stereocenters. The number of hydrogen-bond donors (Lipinski definition) is 2. The minimum atomic E-state index is -0.134. The van der Waals surface area contributed by atoms with Gasteiger partial charge < -0.3 is 10.1 Å². The van der Waals surface area contributed by atoms with Crippen molar-refractivity contribution in [3.63, 3.8) is 0 Å². The first-order valence-electron chi connectivity index (χ1n) is 9.44. The second-order valence-electron chi connectivity index (χ2n) is 6.66. The Morgan fingerprint density at radius 2 is 1.84 bits per heavy atom. The molecule has 154 valence electrons. The molecule has 2 N–H and O–H groups in total. The Labute approximate surface area is 186 Å². The van der Waals surface area contributed by atoms with Gasteiger partial charge in [-0.1, -0.05) is 47.6 Å². The molecule has 31 heavy (non-hydrogen) atoms. The molecule has 0 unspecified atom stereocenters. The van der Waals surface area contributed by atoms with Crippen molar-refractivity contribution in [1.29, 1.82) is 0 Å². The lowest BCUT2D eigenvalue weighted by molar-refractivity contribution is -0.113. The summed E-state index contributed by atoms with van der Waals surface area (Å²) in [5.41, 5.74) is 2.50. The van der Waals surface area contributed by atoms with Crippen LogP contribution in [0.4, 0.5) is 5.69 Å². The fourth-order valence-corrected chi connectivity index (χ4v) is 4.06. The Balaban J connectivity index is 1.22. The summed E-state index contributed by atoms with van der Waals surface area (Å²) in [5.74, 6) is 1.94.